The third-order valence-corrected chi connectivity index (χ3v) is 4.67. The zero-order valence-corrected chi connectivity index (χ0v) is 17.1. The molecule has 1 aromatic heterocycles. The molecule has 5 heterocycles. The van der Waals surface area contributed by atoms with Crippen LogP contribution in [0.4, 0.5) is 5.95 Å². The minimum atomic E-state index is 0.329. The lowest BCUT2D eigenvalue weighted by molar-refractivity contribution is 0.266. The molecule has 0 fully saturated rings. The van der Waals surface area contributed by atoms with Gasteiger partial charge in [-0.05, 0) is 55.2 Å². The maximum Gasteiger partial charge on any atom is 0.321 e. The van der Waals surface area contributed by atoms with Crippen molar-refractivity contribution in [3.05, 3.63) is 65.5 Å². The van der Waals surface area contributed by atoms with Crippen molar-refractivity contribution in [3.63, 3.8) is 0 Å². The number of hydrogen-bond acceptors (Lipinski definition) is 7. The van der Waals surface area contributed by atoms with E-state index in [4.69, 9.17) is 14.2 Å². The van der Waals surface area contributed by atoms with Gasteiger partial charge in [0, 0.05) is 13.0 Å². The lowest BCUT2D eigenvalue weighted by atomic mass is 10.1. The summed E-state index contributed by atoms with van der Waals surface area (Å²) in [6.45, 7) is 4.35. The van der Waals surface area contributed by atoms with Crippen LogP contribution in [0.2, 0.25) is 0 Å². The van der Waals surface area contributed by atoms with Crippen LogP contribution in [-0.2, 0) is 13.0 Å². The number of nitrogens with zero attached hydrogens (tertiary/aromatic N) is 3. The van der Waals surface area contributed by atoms with E-state index in [1.807, 2.05) is 55.5 Å². The zero-order chi connectivity index (χ0) is 20.6. The Hall–Kier alpha value is -3.35. The molecule has 7 rings (SSSR count). The van der Waals surface area contributed by atoms with E-state index >= 15 is 0 Å². The zero-order valence-electron chi connectivity index (χ0n) is 17.1. The number of nitrogens with one attached hydrogen (secondary N) is 1. The summed E-state index contributed by atoms with van der Waals surface area (Å²) in [4.78, 5) is 13.4. The second kappa shape index (κ2) is 9.91. The monoisotopic (exact) mass is 406 g/mol. The van der Waals surface area contributed by atoms with Crippen LogP contribution in [-0.4, -0.2) is 34.8 Å². The maximum absolute atomic E-state index is 5.83. The van der Waals surface area contributed by atoms with Crippen molar-refractivity contribution >= 4 is 5.95 Å². The number of ether oxygens (including phenoxy) is 3. The van der Waals surface area contributed by atoms with E-state index in [1.54, 1.807) is 0 Å². The molecule has 0 atom stereocenters. The third-order valence-electron chi connectivity index (χ3n) is 4.67. The number of benzene rings is 2. The van der Waals surface area contributed by atoms with E-state index < -0.39 is 0 Å². The first kappa shape index (κ1) is 19.9. The van der Waals surface area contributed by atoms with E-state index in [1.165, 1.54) is 0 Å². The van der Waals surface area contributed by atoms with Crippen LogP contribution < -0.4 is 19.5 Å². The largest absolute Gasteiger partial charge is 0.494 e. The van der Waals surface area contributed by atoms with Gasteiger partial charge in [0.25, 0.3) is 0 Å². The highest BCUT2D eigenvalue weighted by Crippen LogP contribution is 2.18. The Labute approximate surface area is 176 Å². The number of anilines is 1. The van der Waals surface area contributed by atoms with Crippen molar-refractivity contribution in [2.45, 2.75) is 32.7 Å². The van der Waals surface area contributed by atoms with Gasteiger partial charge >= 0.3 is 6.01 Å². The fraction of sp³-hybridized carbons (Fsp3) is 0.348. The molecule has 3 aromatic rings. The predicted molar refractivity (Wildman–Crippen MR) is 114 cm³/mol. The Morgan fingerprint density at radius 2 is 1.47 bits per heavy atom. The fourth-order valence-corrected chi connectivity index (χ4v) is 3.10. The number of rotatable bonds is 2. The van der Waals surface area contributed by atoms with Crippen LogP contribution in [0.5, 0.6) is 17.5 Å². The molecule has 7 heteroatoms. The van der Waals surface area contributed by atoms with Gasteiger partial charge in [0.2, 0.25) is 5.95 Å². The van der Waals surface area contributed by atoms with Crippen LogP contribution >= 0.6 is 0 Å². The Balaban J connectivity index is 1.58. The summed E-state index contributed by atoms with van der Waals surface area (Å²) >= 11 is 0. The first-order valence-corrected chi connectivity index (χ1v) is 10.3. The normalized spacial score (nSPS) is 14.3. The van der Waals surface area contributed by atoms with Crippen LogP contribution in [0, 0.1) is 0 Å². The quantitative estimate of drug-likeness (QED) is 0.688. The molecule has 0 saturated carbocycles. The minimum Gasteiger partial charge on any atom is -0.494 e. The van der Waals surface area contributed by atoms with E-state index in [-0.39, 0.29) is 0 Å². The molecule has 7 nitrogen and oxygen atoms in total. The SMILES string of the molecule is CCOc1nc2nc(n1)NCc1ccc(cc1)OCCCCOc1ccc(cc1)C2. The Morgan fingerprint density at radius 1 is 0.833 bits per heavy atom. The number of aromatic nitrogens is 3. The Morgan fingerprint density at radius 3 is 2.10 bits per heavy atom. The van der Waals surface area contributed by atoms with Gasteiger partial charge in [-0.15, -0.1) is 0 Å². The van der Waals surface area contributed by atoms with E-state index in [9.17, 15) is 0 Å². The first-order chi connectivity index (χ1) is 14.8. The standard InChI is InChI=1S/C23H26N4O3/c1-2-28-23-26-21-15-17-5-9-19(10-6-17)29-13-3-4-14-30-20-11-7-18(8-12-20)16-24-22(25-21)27-23/h5-12H,2-4,13-16H2,1H3,(H,24,25,26,27). The van der Waals surface area contributed by atoms with Crippen LogP contribution in [0.3, 0.4) is 0 Å². The molecular weight excluding hydrogens is 380 g/mol. The van der Waals surface area contributed by atoms with Gasteiger partial charge in [0.05, 0.1) is 19.8 Å². The Bertz CT molecular complexity index is 946. The lowest BCUT2D eigenvalue weighted by Crippen LogP contribution is -2.10. The fourth-order valence-electron chi connectivity index (χ4n) is 3.10. The van der Waals surface area contributed by atoms with E-state index in [2.05, 4.69) is 20.3 Å². The molecule has 30 heavy (non-hydrogen) atoms. The summed E-state index contributed by atoms with van der Waals surface area (Å²) in [7, 11) is 0. The van der Waals surface area contributed by atoms with Gasteiger partial charge in [0.1, 0.15) is 17.3 Å². The molecule has 0 saturated heterocycles. The van der Waals surface area contributed by atoms with Crippen molar-refractivity contribution in [3.8, 4) is 17.5 Å². The maximum atomic E-state index is 5.83. The molecular formula is C23H26N4O3. The summed E-state index contributed by atoms with van der Waals surface area (Å²) in [5, 5.41) is 3.27. The average Bonchev–Trinajstić information content (AvgIpc) is 2.76. The summed E-state index contributed by atoms with van der Waals surface area (Å²) in [5.74, 6) is 2.88. The highest BCUT2D eigenvalue weighted by molar-refractivity contribution is 5.34. The van der Waals surface area contributed by atoms with Gasteiger partial charge in [0.15, 0.2) is 0 Å². The van der Waals surface area contributed by atoms with Gasteiger partial charge in [-0.25, -0.2) is 0 Å². The molecule has 1 N–H and O–H groups in total. The predicted octanol–water partition coefficient (Wildman–Crippen LogP) is 4.02. The van der Waals surface area contributed by atoms with Crippen molar-refractivity contribution in [1.29, 1.82) is 0 Å². The van der Waals surface area contributed by atoms with Gasteiger partial charge < -0.3 is 19.5 Å². The van der Waals surface area contributed by atoms with Crippen molar-refractivity contribution in [1.82, 2.24) is 15.0 Å². The minimum absolute atomic E-state index is 0.329. The number of hydrogen-bond donors (Lipinski definition) is 1. The Kier molecular flexibility index (Phi) is 6.59. The van der Waals surface area contributed by atoms with Crippen molar-refractivity contribution in [2.75, 3.05) is 25.1 Å². The average molecular weight is 406 g/mol. The lowest BCUT2D eigenvalue weighted by Gasteiger charge is -2.11. The molecule has 0 spiro atoms. The summed E-state index contributed by atoms with van der Waals surface area (Å²) in [6.07, 6.45) is 2.47. The van der Waals surface area contributed by atoms with Crippen LogP contribution in [0.25, 0.3) is 0 Å². The second-order valence-electron chi connectivity index (χ2n) is 7.01. The smallest absolute Gasteiger partial charge is 0.321 e. The molecule has 0 unspecified atom stereocenters. The van der Waals surface area contributed by atoms with Gasteiger partial charge in [-0.2, -0.15) is 15.0 Å². The third kappa shape index (κ3) is 5.59. The molecule has 6 bridgehead atoms. The van der Waals surface area contributed by atoms with Crippen molar-refractivity contribution in [2.24, 2.45) is 0 Å². The van der Waals surface area contributed by atoms with Crippen LogP contribution in [0.15, 0.2) is 48.5 Å². The van der Waals surface area contributed by atoms with E-state index in [0.29, 0.717) is 50.6 Å². The topological polar surface area (TPSA) is 78.4 Å². The van der Waals surface area contributed by atoms with Gasteiger partial charge in [-0.1, -0.05) is 24.3 Å². The summed E-state index contributed by atoms with van der Waals surface area (Å²) in [5.41, 5.74) is 2.21. The molecule has 0 radical (unpaired) electrons. The van der Waals surface area contributed by atoms with Gasteiger partial charge in [-0.3, -0.25) is 0 Å². The molecule has 2 aromatic carbocycles. The van der Waals surface area contributed by atoms with E-state index in [0.717, 1.165) is 35.5 Å². The summed E-state index contributed by atoms with van der Waals surface area (Å²) < 4.78 is 17.2. The second-order valence-corrected chi connectivity index (χ2v) is 7.01. The molecule has 0 aliphatic carbocycles. The molecule has 4 aliphatic rings. The molecule has 0 amide bonds. The van der Waals surface area contributed by atoms with Crippen LogP contribution in [0.1, 0.15) is 36.7 Å². The molecule has 156 valence electrons. The highest BCUT2D eigenvalue weighted by Gasteiger charge is 2.09. The molecule has 4 aliphatic heterocycles. The van der Waals surface area contributed by atoms with Crippen molar-refractivity contribution < 1.29 is 14.2 Å². The first-order valence-electron chi connectivity index (χ1n) is 10.3. The highest BCUT2D eigenvalue weighted by atomic mass is 16.5. The summed E-state index contributed by atoms with van der Waals surface area (Å²) in [6, 6.07) is 16.4.